The van der Waals surface area contributed by atoms with Gasteiger partial charge >= 0.3 is 0 Å². The molecule has 0 unspecified atom stereocenters. The van der Waals surface area contributed by atoms with Gasteiger partial charge in [-0.05, 0) is 19.3 Å². The normalized spacial score (nSPS) is 30.5. The predicted molar refractivity (Wildman–Crippen MR) is 46.9 cm³/mol. The van der Waals surface area contributed by atoms with E-state index in [0.717, 1.165) is 32.3 Å². The van der Waals surface area contributed by atoms with Crippen molar-refractivity contribution in [3.8, 4) is 0 Å². The fourth-order valence-corrected chi connectivity index (χ4v) is 2.03. The zero-order valence-electron chi connectivity index (χ0n) is 8.06. The van der Waals surface area contributed by atoms with Gasteiger partial charge in [-0.25, -0.2) is 0 Å². The lowest BCUT2D eigenvalue weighted by Crippen LogP contribution is -2.41. The van der Waals surface area contributed by atoms with Gasteiger partial charge in [0.05, 0.1) is 12.2 Å². The Hall–Kier alpha value is -0.0800. The lowest BCUT2D eigenvalue weighted by molar-refractivity contribution is -0.232. The van der Waals surface area contributed by atoms with Crippen molar-refractivity contribution in [1.29, 1.82) is 0 Å². The first-order chi connectivity index (χ1) is 5.74. The van der Waals surface area contributed by atoms with Gasteiger partial charge in [0.25, 0.3) is 0 Å². The minimum absolute atomic E-state index is 0.0421. The molecular formula is C10H18O2. The fourth-order valence-electron chi connectivity index (χ4n) is 2.03. The fraction of sp³-hybridized carbons (Fsp3) is 1.00. The van der Waals surface area contributed by atoms with Crippen LogP contribution in [0.3, 0.4) is 0 Å². The van der Waals surface area contributed by atoms with Crippen molar-refractivity contribution < 1.29 is 9.47 Å². The Morgan fingerprint density at radius 3 is 2.08 bits per heavy atom. The summed E-state index contributed by atoms with van der Waals surface area (Å²) in [5.41, 5.74) is 0.0421. The molecule has 1 aliphatic carbocycles. The van der Waals surface area contributed by atoms with Gasteiger partial charge in [0.15, 0.2) is 5.79 Å². The monoisotopic (exact) mass is 170 g/mol. The van der Waals surface area contributed by atoms with E-state index in [9.17, 15) is 0 Å². The smallest absolute Gasteiger partial charge is 0.169 e. The van der Waals surface area contributed by atoms with E-state index in [1.807, 2.05) is 0 Å². The molecule has 0 atom stereocenters. The summed E-state index contributed by atoms with van der Waals surface area (Å²) in [5, 5.41) is 0. The topological polar surface area (TPSA) is 18.5 Å². The molecule has 0 aromatic carbocycles. The van der Waals surface area contributed by atoms with E-state index in [1.165, 1.54) is 6.42 Å². The molecule has 1 aliphatic heterocycles. The standard InChI is InChI=1S/C10H18O2/c1-3-9(4-2)8-11-10(12-9)6-5-7-10/h3-8H2,1-2H3. The minimum Gasteiger partial charge on any atom is -0.347 e. The molecule has 2 heteroatoms. The summed E-state index contributed by atoms with van der Waals surface area (Å²) in [5.74, 6) is -0.147. The molecule has 0 amide bonds. The minimum atomic E-state index is -0.147. The van der Waals surface area contributed by atoms with Crippen LogP contribution in [0.15, 0.2) is 0 Å². The summed E-state index contributed by atoms with van der Waals surface area (Å²) in [7, 11) is 0. The van der Waals surface area contributed by atoms with Gasteiger partial charge in [0, 0.05) is 12.8 Å². The second-order valence-electron chi connectivity index (χ2n) is 4.05. The van der Waals surface area contributed by atoms with Crippen LogP contribution in [0.1, 0.15) is 46.0 Å². The van der Waals surface area contributed by atoms with Gasteiger partial charge in [-0.1, -0.05) is 13.8 Å². The van der Waals surface area contributed by atoms with E-state index in [4.69, 9.17) is 9.47 Å². The Kier molecular flexibility index (Phi) is 1.92. The molecule has 1 saturated carbocycles. The van der Waals surface area contributed by atoms with E-state index in [2.05, 4.69) is 13.8 Å². The van der Waals surface area contributed by atoms with Crippen molar-refractivity contribution in [2.45, 2.75) is 57.3 Å². The summed E-state index contributed by atoms with van der Waals surface area (Å²) >= 11 is 0. The summed E-state index contributed by atoms with van der Waals surface area (Å²) in [4.78, 5) is 0. The summed E-state index contributed by atoms with van der Waals surface area (Å²) in [6, 6.07) is 0. The Balaban J connectivity index is 2.03. The molecule has 1 spiro atoms. The van der Waals surface area contributed by atoms with Crippen LogP contribution in [-0.4, -0.2) is 18.0 Å². The molecule has 0 N–H and O–H groups in total. The highest BCUT2D eigenvalue weighted by Gasteiger charge is 2.51. The Bertz CT molecular complexity index is 169. The molecule has 0 aromatic rings. The Morgan fingerprint density at radius 1 is 1.17 bits per heavy atom. The van der Waals surface area contributed by atoms with Crippen LogP contribution in [0.25, 0.3) is 0 Å². The first-order valence-electron chi connectivity index (χ1n) is 5.08. The van der Waals surface area contributed by atoms with Crippen molar-refractivity contribution in [3.63, 3.8) is 0 Å². The Morgan fingerprint density at radius 2 is 1.83 bits per heavy atom. The van der Waals surface area contributed by atoms with Crippen LogP contribution in [-0.2, 0) is 9.47 Å². The molecule has 0 aromatic heterocycles. The van der Waals surface area contributed by atoms with E-state index in [1.54, 1.807) is 0 Å². The largest absolute Gasteiger partial charge is 0.347 e. The van der Waals surface area contributed by atoms with E-state index in [0.29, 0.717) is 0 Å². The van der Waals surface area contributed by atoms with Crippen molar-refractivity contribution in [1.82, 2.24) is 0 Å². The first kappa shape index (κ1) is 8.52. The van der Waals surface area contributed by atoms with Crippen LogP contribution >= 0.6 is 0 Å². The van der Waals surface area contributed by atoms with Crippen LogP contribution in [0, 0.1) is 0 Å². The molecule has 2 aliphatic rings. The average molecular weight is 170 g/mol. The van der Waals surface area contributed by atoms with Crippen LogP contribution in [0.2, 0.25) is 0 Å². The lowest BCUT2D eigenvalue weighted by Gasteiger charge is -2.38. The summed E-state index contributed by atoms with van der Waals surface area (Å²) in [6.07, 6.45) is 5.63. The van der Waals surface area contributed by atoms with Crippen molar-refractivity contribution in [3.05, 3.63) is 0 Å². The maximum atomic E-state index is 6.05. The molecule has 12 heavy (non-hydrogen) atoms. The highest BCUT2D eigenvalue weighted by Crippen LogP contribution is 2.47. The summed E-state index contributed by atoms with van der Waals surface area (Å²) in [6.45, 7) is 5.18. The maximum absolute atomic E-state index is 6.05. The van der Waals surface area contributed by atoms with E-state index < -0.39 is 0 Å². The number of hydrogen-bond donors (Lipinski definition) is 0. The second kappa shape index (κ2) is 2.71. The zero-order chi connectivity index (χ0) is 8.66. The van der Waals surface area contributed by atoms with Crippen LogP contribution in [0.4, 0.5) is 0 Å². The highest BCUT2D eigenvalue weighted by molar-refractivity contribution is 4.93. The van der Waals surface area contributed by atoms with Crippen molar-refractivity contribution in [2.24, 2.45) is 0 Å². The molecule has 1 saturated heterocycles. The second-order valence-corrected chi connectivity index (χ2v) is 4.05. The first-order valence-corrected chi connectivity index (χ1v) is 5.08. The third-order valence-corrected chi connectivity index (χ3v) is 3.40. The third-order valence-electron chi connectivity index (χ3n) is 3.40. The Labute approximate surface area is 74.2 Å². The van der Waals surface area contributed by atoms with E-state index in [-0.39, 0.29) is 11.4 Å². The number of ether oxygens (including phenoxy) is 2. The molecule has 2 nitrogen and oxygen atoms in total. The van der Waals surface area contributed by atoms with Crippen molar-refractivity contribution >= 4 is 0 Å². The van der Waals surface area contributed by atoms with Gasteiger partial charge in [0.2, 0.25) is 0 Å². The lowest BCUT2D eigenvalue weighted by atomic mass is 9.91. The third kappa shape index (κ3) is 1.09. The molecule has 1 heterocycles. The predicted octanol–water partition coefficient (Wildman–Crippen LogP) is 2.47. The van der Waals surface area contributed by atoms with Gasteiger partial charge in [-0.2, -0.15) is 0 Å². The molecule has 2 rings (SSSR count). The molecule has 70 valence electrons. The van der Waals surface area contributed by atoms with Gasteiger partial charge in [0.1, 0.15) is 0 Å². The average Bonchev–Trinajstić information content (AvgIpc) is 2.44. The van der Waals surface area contributed by atoms with Gasteiger partial charge in [-0.3, -0.25) is 0 Å². The molecule has 0 radical (unpaired) electrons. The van der Waals surface area contributed by atoms with Crippen LogP contribution < -0.4 is 0 Å². The SMILES string of the molecule is CCC1(CC)COC2(CCC2)O1. The molecule has 0 bridgehead atoms. The van der Waals surface area contributed by atoms with E-state index >= 15 is 0 Å². The maximum Gasteiger partial charge on any atom is 0.169 e. The van der Waals surface area contributed by atoms with Gasteiger partial charge < -0.3 is 9.47 Å². The number of rotatable bonds is 2. The van der Waals surface area contributed by atoms with Gasteiger partial charge in [-0.15, -0.1) is 0 Å². The quantitative estimate of drug-likeness (QED) is 0.634. The highest BCUT2D eigenvalue weighted by atomic mass is 16.8. The summed E-state index contributed by atoms with van der Waals surface area (Å²) < 4.78 is 11.8. The zero-order valence-corrected chi connectivity index (χ0v) is 8.06. The molecule has 2 fully saturated rings. The van der Waals surface area contributed by atoms with Crippen LogP contribution in [0.5, 0.6) is 0 Å². The number of hydrogen-bond acceptors (Lipinski definition) is 2. The molecular weight excluding hydrogens is 152 g/mol. The van der Waals surface area contributed by atoms with Crippen molar-refractivity contribution in [2.75, 3.05) is 6.61 Å².